The van der Waals surface area contributed by atoms with Crippen LogP contribution >= 0.6 is 0 Å². The van der Waals surface area contributed by atoms with E-state index in [1.165, 1.54) is 12.1 Å². The molecule has 0 saturated carbocycles. The third kappa shape index (κ3) is 5.63. The van der Waals surface area contributed by atoms with Crippen LogP contribution in [0.2, 0.25) is 0 Å². The summed E-state index contributed by atoms with van der Waals surface area (Å²) in [7, 11) is 0. The molecule has 5 N–H and O–H groups in total. The van der Waals surface area contributed by atoms with E-state index in [0.29, 0.717) is 28.4 Å². The maximum atomic E-state index is 11.5. The molecule has 0 aromatic heterocycles. The van der Waals surface area contributed by atoms with Crippen LogP contribution in [0.1, 0.15) is 15.9 Å². The molecule has 0 aliphatic carbocycles. The number of hydrogen-bond acceptors (Lipinski definition) is 8. The molecule has 0 amide bonds. The molecule has 0 fully saturated rings. The van der Waals surface area contributed by atoms with E-state index >= 15 is 0 Å². The summed E-state index contributed by atoms with van der Waals surface area (Å²) in [4.78, 5) is 11.0. The third-order valence-electron chi connectivity index (χ3n) is 4.01. The maximum Gasteiger partial charge on any atom is 1.00 e. The average Bonchev–Trinajstić information content (AvgIpc) is 2.69. The van der Waals surface area contributed by atoms with E-state index < -0.39 is 11.7 Å². The number of azo groups is 2. The van der Waals surface area contributed by atoms with Gasteiger partial charge < -0.3 is 21.7 Å². The Bertz CT molecular complexity index is 1130. The van der Waals surface area contributed by atoms with Crippen LogP contribution in [0.15, 0.2) is 75.1 Å². The number of aromatic carboxylic acids is 1. The molecule has 3 aromatic rings. The van der Waals surface area contributed by atoms with E-state index in [4.69, 9.17) is 16.6 Å². The molecule has 0 radical (unpaired) electrons. The van der Waals surface area contributed by atoms with E-state index in [-0.39, 0.29) is 40.8 Å². The number of carbonyl (C=O) groups is 1. The molecule has 0 atom stereocenters. The van der Waals surface area contributed by atoms with Crippen molar-refractivity contribution in [3.05, 3.63) is 65.7 Å². The Balaban J connectivity index is 0.00000320. The van der Waals surface area contributed by atoms with Crippen molar-refractivity contribution < 1.29 is 44.6 Å². The first-order chi connectivity index (χ1) is 13.8. The number of rotatable bonds is 5. The van der Waals surface area contributed by atoms with Gasteiger partial charge in [-0.05, 0) is 61.0 Å². The van der Waals surface area contributed by atoms with Gasteiger partial charge in [0.25, 0.3) is 0 Å². The number of benzene rings is 3. The molecule has 3 rings (SSSR count). The molecule has 0 heterocycles. The summed E-state index contributed by atoms with van der Waals surface area (Å²) < 4.78 is 0. The van der Waals surface area contributed by atoms with Crippen molar-refractivity contribution in [3.8, 4) is 5.75 Å². The van der Waals surface area contributed by atoms with Gasteiger partial charge in [-0.1, -0.05) is 11.8 Å². The Labute approximate surface area is 194 Å². The number of nitrogens with zero attached hydrogens (tertiary/aromatic N) is 4. The van der Waals surface area contributed by atoms with Gasteiger partial charge in [0.05, 0.1) is 28.3 Å². The van der Waals surface area contributed by atoms with Gasteiger partial charge in [0.15, 0.2) is 0 Å². The molecule has 3 aromatic carbocycles. The third-order valence-corrected chi connectivity index (χ3v) is 4.01. The van der Waals surface area contributed by atoms with Crippen LogP contribution in [0, 0.1) is 6.92 Å². The number of carboxylic acids is 1. The Kier molecular flexibility index (Phi) is 7.65. The predicted molar refractivity (Wildman–Crippen MR) is 108 cm³/mol. The summed E-state index contributed by atoms with van der Waals surface area (Å²) in [6.45, 7) is 1.86. The van der Waals surface area contributed by atoms with E-state index in [9.17, 15) is 9.90 Å². The molecule has 0 saturated heterocycles. The monoisotopic (exact) mass is 412 g/mol. The van der Waals surface area contributed by atoms with E-state index in [0.717, 1.165) is 11.6 Å². The van der Waals surface area contributed by atoms with Crippen LogP contribution in [0.5, 0.6) is 5.75 Å². The average molecular weight is 412 g/mol. The Morgan fingerprint density at radius 1 is 0.833 bits per heavy atom. The van der Waals surface area contributed by atoms with E-state index in [1.54, 1.807) is 36.4 Å². The van der Waals surface area contributed by atoms with Crippen molar-refractivity contribution in [1.29, 1.82) is 0 Å². The van der Waals surface area contributed by atoms with Gasteiger partial charge in [0.2, 0.25) is 0 Å². The molecular weight excluding hydrogens is 395 g/mol. The molecule has 0 unspecified atom stereocenters. The smallest absolute Gasteiger partial charge is 0.872 e. The quantitative estimate of drug-likeness (QED) is 0.330. The summed E-state index contributed by atoms with van der Waals surface area (Å²) >= 11 is 0. The van der Waals surface area contributed by atoms with Crippen molar-refractivity contribution in [2.45, 2.75) is 6.92 Å². The first kappa shape index (κ1) is 23.0. The summed E-state index contributed by atoms with van der Waals surface area (Å²) in [6, 6.07) is 13.9. The molecule has 0 aliphatic rings. The first-order valence-electron chi connectivity index (χ1n) is 8.47. The van der Waals surface area contributed by atoms with Gasteiger partial charge in [-0.3, -0.25) is 0 Å². The van der Waals surface area contributed by atoms with E-state index in [1.807, 2.05) is 6.92 Å². The van der Waals surface area contributed by atoms with Crippen LogP contribution in [0.3, 0.4) is 0 Å². The van der Waals surface area contributed by atoms with Crippen LogP contribution in [-0.2, 0) is 0 Å². The molecular formula is C20H17N6NaO3. The van der Waals surface area contributed by atoms with Crippen LogP contribution in [-0.4, -0.2) is 11.1 Å². The van der Waals surface area contributed by atoms with Gasteiger partial charge in [0, 0.05) is 5.69 Å². The minimum absolute atomic E-state index is 0. The Hall–Kier alpha value is -3.27. The van der Waals surface area contributed by atoms with Crippen molar-refractivity contribution in [2.24, 2.45) is 20.5 Å². The van der Waals surface area contributed by atoms with Crippen LogP contribution in [0.4, 0.5) is 34.1 Å². The van der Waals surface area contributed by atoms with Gasteiger partial charge in [0.1, 0.15) is 5.69 Å². The molecule has 10 heteroatoms. The fourth-order valence-corrected chi connectivity index (χ4v) is 2.37. The molecule has 0 spiro atoms. The summed E-state index contributed by atoms with van der Waals surface area (Å²) in [5, 5.41) is 36.7. The molecule has 9 nitrogen and oxygen atoms in total. The minimum Gasteiger partial charge on any atom is -0.872 e. The van der Waals surface area contributed by atoms with Gasteiger partial charge in [-0.2, -0.15) is 15.3 Å². The van der Waals surface area contributed by atoms with Gasteiger partial charge in [-0.25, -0.2) is 4.79 Å². The van der Waals surface area contributed by atoms with Gasteiger partial charge in [-0.15, -0.1) is 5.11 Å². The van der Waals surface area contributed by atoms with Crippen LogP contribution in [0.25, 0.3) is 0 Å². The number of nitrogen functional groups attached to an aromatic ring is 2. The molecule has 146 valence electrons. The summed E-state index contributed by atoms with van der Waals surface area (Å²) in [5.41, 5.74) is 15.1. The number of carboxylic acid groups (broad SMARTS) is 1. The number of anilines is 2. The first-order valence-corrected chi connectivity index (χ1v) is 8.47. The van der Waals surface area contributed by atoms with Crippen molar-refractivity contribution in [2.75, 3.05) is 11.5 Å². The van der Waals surface area contributed by atoms with Crippen molar-refractivity contribution in [3.63, 3.8) is 0 Å². The van der Waals surface area contributed by atoms with E-state index in [2.05, 4.69) is 20.5 Å². The molecule has 30 heavy (non-hydrogen) atoms. The zero-order valence-corrected chi connectivity index (χ0v) is 18.4. The second-order valence-electron chi connectivity index (χ2n) is 6.17. The topological polar surface area (TPSA) is 162 Å². The molecule has 0 bridgehead atoms. The zero-order valence-electron chi connectivity index (χ0n) is 16.4. The van der Waals surface area contributed by atoms with Crippen molar-refractivity contribution >= 4 is 40.1 Å². The number of aryl methyl sites for hydroxylation is 1. The summed E-state index contributed by atoms with van der Waals surface area (Å²) in [5.74, 6) is -1.89. The fourth-order valence-electron chi connectivity index (χ4n) is 2.37. The zero-order chi connectivity index (χ0) is 21.0. The number of hydrogen-bond donors (Lipinski definition) is 3. The molecule has 0 aliphatic heterocycles. The summed E-state index contributed by atoms with van der Waals surface area (Å²) in [6.07, 6.45) is 0. The minimum atomic E-state index is -1.31. The predicted octanol–water partition coefficient (Wildman–Crippen LogP) is 1.77. The Morgan fingerprint density at radius 2 is 1.37 bits per heavy atom. The second kappa shape index (κ2) is 9.97. The SMILES string of the molecule is Cc1cc(N=Nc2ccc(N=Nc3ccc([O-])c(C(=O)O)c3)cc2)c(N)cc1N.[Na+]. The maximum absolute atomic E-state index is 11.5. The fraction of sp³-hybridized carbons (Fsp3) is 0.0500. The van der Waals surface area contributed by atoms with Crippen LogP contribution < -0.4 is 46.1 Å². The normalized spacial score (nSPS) is 11.0. The van der Waals surface area contributed by atoms with Gasteiger partial charge >= 0.3 is 35.5 Å². The Morgan fingerprint density at radius 3 is 1.97 bits per heavy atom. The van der Waals surface area contributed by atoms with Crippen molar-refractivity contribution in [1.82, 2.24) is 0 Å². The number of nitrogens with two attached hydrogens (primary N) is 2. The largest absolute Gasteiger partial charge is 1.00 e. The second-order valence-corrected chi connectivity index (χ2v) is 6.17. The standard InChI is InChI=1S/C20H18N6O3.Na/c1-11-8-18(17(22)10-16(11)21)26-24-13-4-2-12(3-5-13)23-25-14-6-7-19(27)15(9-14)20(28)29;/h2-10,27H,21-22H2,1H3,(H,28,29);/q;+1/p-1.